The SMILES string of the molecule is CCC(C)(C)c1ccc(OCCCCNC(=O)c2cc(-c3ccccc3C)nc3ccccc23)c(C(C)(C)CC)c1. The first-order valence-electron chi connectivity index (χ1n) is 15.1. The van der Waals surface area contributed by atoms with Crippen LogP contribution < -0.4 is 10.1 Å². The van der Waals surface area contributed by atoms with Crippen molar-refractivity contribution in [3.63, 3.8) is 0 Å². The van der Waals surface area contributed by atoms with Gasteiger partial charge in [-0.15, -0.1) is 0 Å². The first kappa shape index (κ1) is 30.3. The fourth-order valence-electron chi connectivity index (χ4n) is 5.07. The van der Waals surface area contributed by atoms with E-state index in [0.717, 1.165) is 59.2 Å². The van der Waals surface area contributed by atoms with E-state index in [1.165, 1.54) is 11.1 Å². The lowest BCUT2D eigenvalue weighted by molar-refractivity contribution is 0.0954. The Hall–Kier alpha value is -3.66. The number of aryl methyl sites for hydroxylation is 1. The first-order valence-corrected chi connectivity index (χ1v) is 15.1. The second kappa shape index (κ2) is 12.9. The van der Waals surface area contributed by atoms with Gasteiger partial charge in [-0.1, -0.05) is 96.1 Å². The van der Waals surface area contributed by atoms with E-state index in [1.54, 1.807) is 0 Å². The smallest absolute Gasteiger partial charge is 0.252 e. The number of carbonyl (C=O) groups excluding carboxylic acids is 1. The summed E-state index contributed by atoms with van der Waals surface area (Å²) in [6, 6.07) is 24.7. The van der Waals surface area contributed by atoms with Gasteiger partial charge in [-0.05, 0) is 72.8 Å². The average molecular weight is 551 g/mol. The summed E-state index contributed by atoms with van der Waals surface area (Å²) in [6.07, 6.45) is 3.83. The molecule has 41 heavy (non-hydrogen) atoms. The van der Waals surface area contributed by atoms with E-state index >= 15 is 0 Å². The van der Waals surface area contributed by atoms with Crippen LogP contribution in [0.5, 0.6) is 5.75 Å². The van der Waals surface area contributed by atoms with Crippen LogP contribution in [0.4, 0.5) is 0 Å². The monoisotopic (exact) mass is 550 g/mol. The van der Waals surface area contributed by atoms with Crippen molar-refractivity contribution in [2.75, 3.05) is 13.2 Å². The predicted octanol–water partition coefficient (Wildman–Crippen LogP) is 9.17. The van der Waals surface area contributed by atoms with Crippen LogP contribution in [0, 0.1) is 6.92 Å². The van der Waals surface area contributed by atoms with Gasteiger partial charge in [-0.25, -0.2) is 4.98 Å². The third-order valence-electron chi connectivity index (χ3n) is 8.75. The highest BCUT2D eigenvalue weighted by Crippen LogP contribution is 2.38. The fourth-order valence-corrected chi connectivity index (χ4v) is 5.07. The lowest BCUT2D eigenvalue weighted by Gasteiger charge is -2.30. The van der Waals surface area contributed by atoms with Gasteiger partial charge in [0, 0.05) is 23.1 Å². The van der Waals surface area contributed by atoms with Gasteiger partial charge in [0.15, 0.2) is 0 Å². The van der Waals surface area contributed by atoms with Gasteiger partial charge in [0.25, 0.3) is 5.91 Å². The summed E-state index contributed by atoms with van der Waals surface area (Å²) in [4.78, 5) is 18.2. The van der Waals surface area contributed by atoms with Crippen LogP contribution in [0.25, 0.3) is 22.2 Å². The molecule has 0 spiro atoms. The highest BCUT2D eigenvalue weighted by Gasteiger charge is 2.26. The largest absolute Gasteiger partial charge is 0.493 e. The number of benzene rings is 3. The third kappa shape index (κ3) is 6.98. The van der Waals surface area contributed by atoms with Gasteiger partial charge < -0.3 is 10.1 Å². The van der Waals surface area contributed by atoms with E-state index in [9.17, 15) is 4.79 Å². The predicted molar refractivity (Wildman–Crippen MR) is 172 cm³/mol. The van der Waals surface area contributed by atoms with Gasteiger partial charge in [0.2, 0.25) is 0 Å². The van der Waals surface area contributed by atoms with Crippen LogP contribution >= 0.6 is 0 Å². The van der Waals surface area contributed by atoms with Crippen LogP contribution in [0.15, 0.2) is 72.8 Å². The normalized spacial score (nSPS) is 12.0. The van der Waals surface area contributed by atoms with Gasteiger partial charge in [-0.3, -0.25) is 4.79 Å². The molecular weight excluding hydrogens is 504 g/mol. The molecule has 0 saturated heterocycles. The van der Waals surface area contributed by atoms with E-state index in [2.05, 4.69) is 84.1 Å². The molecule has 4 heteroatoms. The number of pyridine rings is 1. The molecule has 1 aromatic heterocycles. The maximum atomic E-state index is 13.3. The minimum Gasteiger partial charge on any atom is -0.493 e. The maximum absolute atomic E-state index is 13.3. The Morgan fingerprint density at radius 3 is 2.29 bits per heavy atom. The maximum Gasteiger partial charge on any atom is 0.252 e. The molecule has 0 aliphatic rings. The summed E-state index contributed by atoms with van der Waals surface area (Å²) in [5, 5.41) is 4.00. The summed E-state index contributed by atoms with van der Waals surface area (Å²) in [7, 11) is 0. The fraction of sp³-hybridized carbons (Fsp3) is 0.405. The van der Waals surface area contributed by atoms with Crippen molar-refractivity contribution < 1.29 is 9.53 Å². The molecular formula is C37H46N2O2. The number of hydrogen-bond acceptors (Lipinski definition) is 3. The zero-order chi connectivity index (χ0) is 29.6. The summed E-state index contributed by atoms with van der Waals surface area (Å²) in [5.41, 5.74) is 7.29. The van der Waals surface area contributed by atoms with Crippen LogP contribution in [-0.2, 0) is 10.8 Å². The molecule has 0 bridgehead atoms. The molecule has 4 rings (SSSR count). The molecule has 1 amide bonds. The van der Waals surface area contributed by atoms with Crippen molar-refractivity contribution in [3.8, 4) is 17.0 Å². The molecule has 4 nitrogen and oxygen atoms in total. The molecule has 1 heterocycles. The zero-order valence-corrected chi connectivity index (χ0v) is 25.9. The number of rotatable bonds is 12. The van der Waals surface area contributed by atoms with Gasteiger partial charge >= 0.3 is 0 Å². The Bertz CT molecular complexity index is 1500. The summed E-state index contributed by atoms with van der Waals surface area (Å²) >= 11 is 0. The molecule has 0 radical (unpaired) electrons. The molecule has 0 fully saturated rings. The average Bonchev–Trinajstić information content (AvgIpc) is 2.98. The molecule has 0 aliphatic carbocycles. The lowest BCUT2D eigenvalue weighted by atomic mass is 9.76. The Morgan fingerprint density at radius 2 is 1.56 bits per heavy atom. The van der Waals surface area contributed by atoms with Crippen LogP contribution in [0.1, 0.15) is 94.3 Å². The molecule has 0 saturated carbocycles. The number of nitrogens with one attached hydrogen (secondary N) is 1. The summed E-state index contributed by atoms with van der Waals surface area (Å²) in [6.45, 7) is 17.0. The van der Waals surface area contributed by atoms with Gasteiger partial charge in [0.1, 0.15) is 5.75 Å². The highest BCUT2D eigenvalue weighted by atomic mass is 16.5. The molecule has 0 atom stereocenters. The second-order valence-electron chi connectivity index (χ2n) is 12.4. The second-order valence-corrected chi connectivity index (χ2v) is 12.4. The van der Waals surface area contributed by atoms with Crippen molar-refractivity contribution in [2.45, 2.75) is 85.0 Å². The van der Waals surface area contributed by atoms with Crippen molar-refractivity contribution in [1.29, 1.82) is 0 Å². The minimum absolute atomic E-state index is 0.0353. The number of ether oxygens (including phenoxy) is 1. The summed E-state index contributed by atoms with van der Waals surface area (Å²) < 4.78 is 6.33. The van der Waals surface area contributed by atoms with E-state index in [1.807, 2.05) is 42.5 Å². The molecule has 3 aromatic carbocycles. The minimum atomic E-state index is -0.0690. The topological polar surface area (TPSA) is 51.2 Å². The zero-order valence-electron chi connectivity index (χ0n) is 25.9. The van der Waals surface area contributed by atoms with Crippen molar-refractivity contribution >= 4 is 16.8 Å². The van der Waals surface area contributed by atoms with Crippen molar-refractivity contribution in [3.05, 3.63) is 95.1 Å². The van der Waals surface area contributed by atoms with E-state index in [0.29, 0.717) is 18.7 Å². The Balaban J connectivity index is 1.40. The Kier molecular flexibility index (Phi) is 9.53. The van der Waals surface area contributed by atoms with Crippen LogP contribution in [-0.4, -0.2) is 24.0 Å². The summed E-state index contributed by atoms with van der Waals surface area (Å²) in [5.74, 6) is 0.906. The van der Waals surface area contributed by atoms with Gasteiger partial charge in [0.05, 0.1) is 23.4 Å². The number of para-hydroxylation sites is 1. The number of carbonyl (C=O) groups is 1. The van der Waals surface area contributed by atoms with Crippen LogP contribution in [0.3, 0.4) is 0 Å². The van der Waals surface area contributed by atoms with Gasteiger partial charge in [-0.2, -0.15) is 0 Å². The standard InChI is InChI=1S/C37H46N2O2/c1-8-36(4,5)27-20-21-34(31(24-27)37(6,7)9-2)41-23-15-14-22-38-35(40)30-25-33(28-17-11-10-16-26(28)3)39-32-19-13-12-18-29(30)32/h10-13,16-21,24-25H,8-9,14-15,22-23H2,1-7H3,(H,38,40). The third-order valence-corrected chi connectivity index (χ3v) is 8.75. The number of fused-ring (bicyclic) bond motifs is 1. The van der Waals surface area contributed by atoms with Crippen molar-refractivity contribution in [2.24, 2.45) is 0 Å². The number of hydrogen-bond donors (Lipinski definition) is 1. The first-order chi connectivity index (χ1) is 19.6. The molecule has 0 aliphatic heterocycles. The number of aromatic nitrogens is 1. The molecule has 0 unspecified atom stereocenters. The highest BCUT2D eigenvalue weighted by molar-refractivity contribution is 6.07. The quantitative estimate of drug-likeness (QED) is 0.179. The van der Waals surface area contributed by atoms with E-state index in [-0.39, 0.29) is 16.7 Å². The Labute approximate surface area is 246 Å². The van der Waals surface area contributed by atoms with E-state index in [4.69, 9.17) is 9.72 Å². The van der Waals surface area contributed by atoms with Crippen LogP contribution in [0.2, 0.25) is 0 Å². The Morgan fingerprint density at radius 1 is 0.854 bits per heavy atom. The number of nitrogens with zero attached hydrogens (tertiary/aromatic N) is 1. The van der Waals surface area contributed by atoms with Crippen molar-refractivity contribution in [1.82, 2.24) is 10.3 Å². The number of unbranched alkanes of at least 4 members (excludes halogenated alkanes) is 1. The molecule has 216 valence electrons. The number of amides is 1. The lowest BCUT2D eigenvalue weighted by Crippen LogP contribution is -2.25. The molecule has 1 N–H and O–H groups in total. The molecule has 4 aromatic rings. The van der Waals surface area contributed by atoms with E-state index < -0.39 is 0 Å².